The van der Waals surface area contributed by atoms with E-state index in [4.69, 9.17) is 45.1 Å². The molecule has 4 unspecified atom stereocenters. The molecule has 0 spiro atoms. The van der Waals surface area contributed by atoms with Crippen LogP contribution in [0.5, 0.6) is 0 Å². The number of nitrogen functional groups attached to an aromatic ring is 1. The third-order valence-electron chi connectivity index (χ3n) is 11.8. The maximum Gasteiger partial charge on any atom is 0.271 e. The van der Waals surface area contributed by atoms with Crippen molar-refractivity contribution >= 4 is 103 Å². The monoisotopic (exact) mass is 1110 g/mol. The summed E-state index contributed by atoms with van der Waals surface area (Å²) in [7, 11) is 4.56. The van der Waals surface area contributed by atoms with Gasteiger partial charge in [-0.2, -0.15) is 0 Å². The molecule has 0 saturated heterocycles. The maximum atomic E-state index is 14.3. The molecular formula is C49H48N12O7S6. The summed E-state index contributed by atoms with van der Waals surface area (Å²) < 4.78 is 11.5. The quantitative estimate of drug-likeness (QED) is 0.0908. The molecule has 10 bridgehead atoms. The van der Waals surface area contributed by atoms with Crippen molar-refractivity contribution < 1.29 is 33.4 Å². The number of fused-ring (bicyclic) bond motifs is 14. The molecule has 4 atom stereocenters. The molecule has 8 heterocycles. The second kappa shape index (κ2) is 22.9. The molecule has 1 aromatic carbocycles. The molecule has 1 aliphatic rings. The first kappa shape index (κ1) is 52.3. The third kappa shape index (κ3) is 11.4. The van der Waals surface area contributed by atoms with Crippen LogP contribution >= 0.6 is 68.0 Å². The number of amides is 4. The Labute approximate surface area is 448 Å². The standard InChI is InChI=1S/C49H48N12O7S6/c1-22(2)26-14-32(62)37-23(3)73-48(60-37)28(15-35(63)51-4)54-42(65)30-19-69-44(56-30)25-12-13-27(46-58-34(50)21-72-46)53-38(25)29-18-70-47(55-29)31-20-71-49(57-31)40(41(68-6)24-10-8-7-9-11-24)59-36(64)16-52-43(66)39-33(17-67-5)74-45(26)61-39/h7-13,18-22,26,28,40-41H,14-17,50H2,1-6H3,(H,51,63)(H,52,66)(H,54,65)(H,59,64). The van der Waals surface area contributed by atoms with Gasteiger partial charge in [0.1, 0.15) is 77.2 Å². The van der Waals surface area contributed by atoms with E-state index in [0.29, 0.717) is 74.0 Å². The Kier molecular flexibility index (Phi) is 16.2. The minimum atomic E-state index is -0.913. The van der Waals surface area contributed by atoms with Crippen molar-refractivity contribution in [3.63, 3.8) is 0 Å². The van der Waals surface area contributed by atoms with E-state index in [0.717, 1.165) is 5.56 Å². The lowest BCUT2D eigenvalue weighted by Gasteiger charge is -2.26. The van der Waals surface area contributed by atoms with Gasteiger partial charge >= 0.3 is 0 Å². The van der Waals surface area contributed by atoms with Crippen LogP contribution in [-0.4, -0.2) is 92.1 Å². The van der Waals surface area contributed by atoms with Gasteiger partial charge in [0.2, 0.25) is 11.8 Å². The number of aryl methyl sites for hydroxylation is 1. The fraction of sp³-hybridized carbons (Fsp3) is 0.306. The van der Waals surface area contributed by atoms with Crippen molar-refractivity contribution in [1.82, 2.24) is 56.2 Å². The van der Waals surface area contributed by atoms with Gasteiger partial charge in [0.15, 0.2) is 5.78 Å². The first-order chi connectivity index (χ1) is 35.7. The number of thiazole rings is 6. The second-order valence-corrected chi connectivity index (χ2v) is 23.0. The van der Waals surface area contributed by atoms with Crippen molar-refractivity contribution in [2.24, 2.45) is 5.92 Å². The summed E-state index contributed by atoms with van der Waals surface area (Å²) in [5.74, 6) is -2.47. The molecule has 0 radical (unpaired) electrons. The molecule has 382 valence electrons. The first-order valence-corrected chi connectivity index (χ1v) is 28.1. The van der Waals surface area contributed by atoms with Crippen molar-refractivity contribution in [2.75, 3.05) is 33.5 Å². The van der Waals surface area contributed by atoms with Gasteiger partial charge in [0, 0.05) is 65.6 Å². The van der Waals surface area contributed by atoms with E-state index in [1.807, 2.05) is 61.0 Å². The zero-order valence-electron chi connectivity index (χ0n) is 40.6. The zero-order valence-corrected chi connectivity index (χ0v) is 45.5. The average molecular weight is 1110 g/mol. The van der Waals surface area contributed by atoms with Gasteiger partial charge in [-0.05, 0) is 30.5 Å². The lowest BCUT2D eigenvalue weighted by molar-refractivity contribution is -0.122. The lowest BCUT2D eigenvalue weighted by Crippen LogP contribution is -2.41. The Morgan fingerprint density at radius 1 is 0.743 bits per heavy atom. The smallest absolute Gasteiger partial charge is 0.271 e. The predicted octanol–water partition coefficient (Wildman–Crippen LogP) is 8.43. The molecule has 1 aliphatic heterocycles. The largest absolute Gasteiger partial charge is 0.383 e. The summed E-state index contributed by atoms with van der Waals surface area (Å²) in [4.78, 5) is 104. The fourth-order valence-electron chi connectivity index (χ4n) is 8.11. The number of pyridine rings is 1. The number of nitrogens with two attached hydrogens (primary N) is 1. The Morgan fingerprint density at radius 3 is 2.19 bits per heavy atom. The SMILES string of the molecule is CNC(=O)CC1NC(=O)c2csc(n2)-c2ccc(-c3nc(N)cs3)nc2-c2csc(n2)-c2csc(n2)C(C(OC)c2ccccc2)NC(=O)CNC(=O)c2nc(sc2COC)C(C(C)C)CC(=O)c2nc1sc2C. The number of Topliss-reactive ketones (excluding diaryl/α,β-unsaturated/α-hetero) is 1. The number of rotatable bonds is 9. The molecular weight excluding hydrogens is 1060 g/mol. The van der Waals surface area contributed by atoms with Gasteiger partial charge in [0.05, 0.1) is 41.2 Å². The highest BCUT2D eigenvalue weighted by Crippen LogP contribution is 2.41. The Morgan fingerprint density at radius 2 is 1.46 bits per heavy atom. The Bertz CT molecular complexity index is 3360. The van der Waals surface area contributed by atoms with Gasteiger partial charge in [-0.15, -0.1) is 68.0 Å². The number of carbonyl (C=O) groups is 5. The molecule has 0 fully saturated rings. The molecule has 8 aromatic rings. The van der Waals surface area contributed by atoms with Crippen LogP contribution in [0.25, 0.3) is 43.4 Å². The van der Waals surface area contributed by atoms with Gasteiger partial charge in [-0.3, -0.25) is 24.0 Å². The van der Waals surface area contributed by atoms with Crippen LogP contribution in [0, 0.1) is 12.8 Å². The van der Waals surface area contributed by atoms with Crippen molar-refractivity contribution in [2.45, 2.75) is 64.3 Å². The number of carbonyl (C=O) groups excluding carboxylic acids is 5. The minimum absolute atomic E-state index is 0.00106. The van der Waals surface area contributed by atoms with Gasteiger partial charge < -0.3 is 36.5 Å². The van der Waals surface area contributed by atoms with E-state index in [-0.39, 0.29) is 54.1 Å². The number of ether oxygens (including phenoxy) is 2. The second-order valence-electron chi connectivity index (χ2n) is 17.2. The first-order valence-electron chi connectivity index (χ1n) is 23.0. The van der Waals surface area contributed by atoms with Crippen LogP contribution in [0.1, 0.15) is 113 Å². The average Bonchev–Trinajstić information content (AvgIpc) is 4.27. The van der Waals surface area contributed by atoms with Crippen LogP contribution < -0.4 is 27.0 Å². The van der Waals surface area contributed by atoms with Crippen LogP contribution in [-0.2, 0) is 25.7 Å². The topological polar surface area (TPSA) is 268 Å². The fourth-order valence-corrected chi connectivity index (χ4v) is 13.6. The number of methoxy groups -OCH3 is 2. The summed E-state index contributed by atoms with van der Waals surface area (Å²) >= 11 is 7.71. The van der Waals surface area contributed by atoms with Gasteiger partial charge in [-0.1, -0.05) is 44.2 Å². The van der Waals surface area contributed by atoms with E-state index in [1.165, 1.54) is 82.2 Å². The molecule has 4 amide bonds. The number of aromatic nitrogens is 7. The lowest BCUT2D eigenvalue weighted by atomic mass is 9.90. The van der Waals surface area contributed by atoms with Crippen LogP contribution in [0.15, 0.2) is 64.0 Å². The Hall–Kier alpha value is -6.58. The van der Waals surface area contributed by atoms with Gasteiger partial charge in [-0.25, -0.2) is 34.9 Å². The van der Waals surface area contributed by atoms with E-state index in [9.17, 15) is 24.0 Å². The number of nitrogens with one attached hydrogen (secondary N) is 4. The minimum Gasteiger partial charge on any atom is -0.383 e. The summed E-state index contributed by atoms with van der Waals surface area (Å²) in [6, 6.07) is 11.4. The number of anilines is 1. The van der Waals surface area contributed by atoms with Crippen LogP contribution in [0.4, 0.5) is 5.82 Å². The zero-order chi connectivity index (χ0) is 52.2. The number of ketones is 1. The third-order valence-corrected chi connectivity index (χ3v) is 17.6. The van der Waals surface area contributed by atoms with E-state index < -0.39 is 48.4 Å². The van der Waals surface area contributed by atoms with E-state index >= 15 is 0 Å². The maximum absolute atomic E-state index is 14.3. The molecule has 6 N–H and O–H groups in total. The highest BCUT2D eigenvalue weighted by Gasteiger charge is 2.33. The van der Waals surface area contributed by atoms with Crippen LogP contribution in [0.2, 0.25) is 0 Å². The number of benzene rings is 1. The summed E-state index contributed by atoms with van der Waals surface area (Å²) in [5.41, 5.74) is 9.83. The normalized spacial score (nSPS) is 17.1. The number of nitrogens with zero attached hydrogens (tertiary/aromatic N) is 7. The number of hydrogen-bond donors (Lipinski definition) is 5. The molecule has 0 saturated carbocycles. The molecule has 74 heavy (non-hydrogen) atoms. The van der Waals surface area contributed by atoms with E-state index in [2.05, 4.69) is 26.3 Å². The summed E-state index contributed by atoms with van der Waals surface area (Å²) in [6.45, 7) is 5.35. The Balaban J connectivity index is 1.14. The molecule has 9 rings (SSSR count). The molecule has 7 aromatic heterocycles. The highest BCUT2D eigenvalue weighted by molar-refractivity contribution is 7.15. The van der Waals surface area contributed by atoms with Gasteiger partial charge in [0.25, 0.3) is 11.8 Å². The van der Waals surface area contributed by atoms with Crippen molar-refractivity contribution in [3.05, 3.63) is 111 Å². The molecule has 19 nitrogen and oxygen atoms in total. The summed E-state index contributed by atoms with van der Waals surface area (Å²) in [5, 5.41) is 21.5. The van der Waals surface area contributed by atoms with E-state index in [1.54, 1.807) is 30.9 Å². The molecule has 25 heteroatoms. The predicted molar refractivity (Wildman–Crippen MR) is 288 cm³/mol. The van der Waals surface area contributed by atoms with Crippen LogP contribution in [0.3, 0.4) is 0 Å². The van der Waals surface area contributed by atoms with Crippen molar-refractivity contribution in [1.29, 1.82) is 0 Å². The summed E-state index contributed by atoms with van der Waals surface area (Å²) in [6.07, 6.45) is -0.844. The highest BCUT2D eigenvalue weighted by atomic mass is 32.1. The molecule has 0 aliphatic carbocycles. The van der Waals surface area contributed by atoms with Crippen molar-refractivity contribution in [3.8, 4) is 43.4 Å². The number of hydrogen-bond acceptors (Lipinski definition) is 21.